The molecule has 0 saturated carbocycles. The number of hydrogen-bond acceptors (Lipinski definition) is 3. The van der Waals surface area contributed by atoms with Crippen molar-refractivity contribution in [3.8, 4) is 0 Å². The van der Waals surface area contributed by atoms with Gasteiger partial charge in [0.25, 0.3) is 0 Å². The molecule has 0 spiro atoms. The highest BCUT2D eigenvalue weighted by atomic mass is 19.1. The van der Waals surface area contributed by atoms with E-state index in [1.807, 2.05) is 11.8 Å². The summed E-state index contributed by atoms with van der Waals surface area (Å²) in [5.74, 6) is -0.202. The number of likely N-dealkylation sites (tertiary alicyclic amines) is 1. The number of aliphatic hydroxyl groups is 1. The molecule has 1 amide bonds. The molecule has 0 unspecified atom stereocenters. The van der Waals surface area contributed by atoms with Gasteiger partial charge in [-0.15, -0.1) is 0 Å². The zero-order valence-electron chi connectivity index (χ0n) is 12.9. The maximum Gasteiger partial charge on any atom is 0.227 e. The molecule has 0 aliphatic carbocycles. The molecular weight excluding hydrogens is 283 g/mol. The Hall–Kier alpha value is -1.46. The molecule has 2 fully saturated rings. The van der Waals surface area contributed by atoms with Gasteiger partial charge in [-0.05, 0) is 49.6 Å². The summed E-state index contributed by atoms with van der Waals surface area (Å²) in [7, 11) is 0. The van der Waals surface area contributed by atoms with Crippen molar-refractivity contribution in [2.75, 3.05) is 26.2 Å². The standard InChI is InChI=1S/C17H23FN2O2/c1-12-2-3-15(18)8-13(12)9-16(21)20-7-5-17(22)4-6-19-10-14(17)11-20/h2-3,8,14,19,22H,4-7,9-11H2,1H3/t14-,17-/m0/s1. The third-order valence-corrected chi connectivity index (χ3v) is 5.15. The van der Waals surface area contributed by atoms with E-state index in [2.05, 4.69) is 5.32 Å². The first kappa shape index (κ1) is 15.4. The largest absolute Gasteiger partial charge is 0.389 e. The van der Waals surface area contributed by atoms with Crippen molar-refractivity contribution in [3.63, 3.8) is 0 Å². The van der Waals surface area contributed by atoms with Crippen molar-refractivity contribution in [1.82, 2.24) is 10.2 Å². The maximum absolute atomic E-state index is 13.3. The van der Waals surface area contributed by atoms with Crippen molar-refractivity contribution in [3.05, 3.63) is 35.1 Å². The van der Waals surface area contributed by atoms with Crippen LogP contribution < -0.4 is 5.32 Å². The highest BCUT2D eigenvalue weighted by Gasteiger charge is 2.43. The second-order valence-corrected chi connectivity index (χ2v) is 6.59. The minimum atomic E-state index is -0.628. The molecule has 1 aromatic rings. The first-order valence-corrected chi connectivity index (χ1v) is 7.94. The first-order chi connectivity index (χ1) is 10.5. The summed E-state index contributed by atoms with van der Waals surface area (Å²) in [4.78, 5) is 14.3. The average molecular weight is 306 g/mol. The highest BCUT2D eigenvalue weighted by molar-refractivity contribution is 5.79. The van der Waals surface area contributed by atoms with Crippen LogP contribution in [0.25, 0.3) is 0 Å². The van der Waals surface area contributed by atoms with Gasteiger partial charge in [-0.2, -0.15) is 0 Å². The van der Waals surface area contributed by atoms with E-state index in [0.29, 0.717) is 19.5 Å². The molecular formula is C17H23FN2O2. The van der Waals surface area contributed by atoms with Gasteiger partial charge < -0.3 is 15.3 Å². The lowest BCUT2D eigenvalue weighted by molar-refractivity contribution is -0.141. The molecule has 0 bridgehead atoms. The molecule has 1 aromatic carbocycles. The molecule has 2 aliphatic heterocycles. The van der Waals surface area contributed by atoms with E-state index < -0.39 is 5.60 Å². The third-order valence-electron chi connectivity index (χ3n) is 5.15. The molecule has 4 nitrogen and oxygen atoms in total. The van der Waals surface area contributed by atoms with Crippen LogP contribution in [-0.4, -0.2) is 47.7 Å². The Morgan fingerprint density at radius 3 is 3.14 bits per heavy atom. The van der Waals surface area contributed by atoms with Gasteiger partial charge in [0.2, 0.25) is 5.91 Å². The number of rotatable bonds is 2. The number of nitrogens with one attached hydrogen (secondary N) is 1. The zero-order chi connectivity index (χ0) is 15.7. The molecule has 2 atom stereocenters. The summed E-state index contributed by atoms with van der Waals surface area (Å²) in [6, 6.07) is 4.56. The van der Waals surface area contributed by atoms with E-state index in [1.54, 1.807) is 6.07 Å². The number of carbonyl (C=O) groups excluding carboxylic acids is 1. The molecule has 2 saturated heterocycles. The van der Waals surface area contributed by atoms with Gasteiger partial charge in [0.05, 0.1) is 12.0 Å². The SMILES string of the molecule is Cc1ccc(F)cc1CC(=O)N1CC[C@@]2(O)CCNC[C@H]2C1. The first-order valence-electron chi connectivity index (χ1n) is 7.94. The number of benzene rings is 1. The summed E-state index contributed by atoms with van der Waals surface area (Å²) < 4.78 is 13.3. The van der Waals surface area contributed by atoms with E-state index in [4.69, 9.17) is 0 Å². The van der Waals surface area contributed by atoms with E-state index >= 15 is 0 Å². The Kier molecular flexibility index (Phi) is 4.19. The Balaban J connectivity index is 1.67. The van der Waals surface area contributed by atoms with Crippen LogP contribution in [-0.2, 0) is 11.2 Å². The number of piperidine rings is 2. The Morgan fingerprint density at radius 2 is 2.32 bits per heavy atom. The van der Waals surface area contributed by atoms with Gasteiger partial charge in [-0.3, -0.25) is 4.79 Å². The number of carbonyl (C=O) groups is 1. The molecule has 2 heterocycles. The fourth-order valence-electron chi connectivity index (χ4n) is 3.56. The lowest BCUT2D eigenvalue weighted by Gasteiger charge is -2.47. The Morgan fingerprint density at radius 1 is 1.50 bits per heavy atom. The van der Waals surface area contributed by atoms with Crippen LogP contribution in [0.15, 0.2) is 18.2 Å². The van der Waals surface area contributed by atoms with Gasteiger partial charge in [0.15, 0.2) is 0 Å². The number of amides is 1. The average Bonchev–Trinajstić information content (AvgIpc) is 2.50. The molecule has 120 valence electrons. The molecule has 22 heavy (non-hydrogen) atoms. The van der Waals surface area contributed by atoms with Crippen molar-refractivity contribution < 1.29 is 14.3 Å². The van der Waals surface area contributed by atoms with E-state index in [9.17, 15) is 14.3 Å². The number of nitrogens with zero attached hydrogens (tertiary/aromatic N) is 1. The van der Waals surface area contributed by atoms with Gasteiger partial charge in [0, 0.05) is 25.6 Å². The van der Waals surface area contributed by atoms with Gasteiger partial charge >= 0.3 is 0 Å². The predicted molar refractivity (Wildman–Crippen MR) is 82.0 cm³/mol. The van der Waals surface area contributed by atoms with E-state index in [-0.39, 0.29) is 24.1 Å². The van der Waals surface area contributed by atoms with Crippen LogP contribution in [0.2, 0.25) is 0 Å². The summed E-state index contributed by atoms with van der Waals surface area (Å²) in [5, 5.41) is 13.9. The second kappa shape index (κ2) is 5.97. The fourth-order valence-corrected chi connectivity index (χ4v) is 3.56. The normalized spacial score (nSPS) is 28.3. The monoisotopic (exact) mass is 306 g/mol. The van der Waals surface area contributed by atoms with E-state index in [1.165, 1.54) is 12.1 Å². The molecule has 3 rings (SSSR count). The molecule has 2 N–H and O–H groups in total. The van der Waals surface area contributed by atoms with Gasteiger partial charge in [0.1, 0.15) is 5.82 Å². The number of fused-ring (bicyclic) bond motifs is 1. The van der Waals surface area contributed by atoms with Crippen LogP contribution in [0.3, 0.4) is 0 Å². The van der Waals surface area contributed by atoms with Crippen LogP contribution >= 0.6 is 0 Å². The number of hydrogen-bond donors (Lipinski definition) is 2. The summed E-state index contributed by atoms with van der Waals surface area (Å²) >= 11 is 0. The molecule has 5 heteroatoms. The smallest absolute Gasteiger partial charge is 0.227 e. The maximum atomic E-state index is 13.3. The quantitative estimate of drug-likeness (QED) is 0.865. The number of halogens is 1. The van der Waals surface area contributed by atoms with Gasteiger partial charge in [-0.1, -0.05) is 6.07 Å². The topological polar surface area (TPSA) is 52.6 Å². The minimum absolute atomic E-state index is 0.0151. The molecule has 0 aromatic heterocycles. The van der Waals surface area contributed by atoms with Crippen molar-refractivity contribution in [2.24, 2.45) is 5.92 Å². The zero-order valence-corrected chi connectivity index (χ0v) is 12.9. The summed E-state index contributed by atoms with van der Waals surface area (Å²) in [6.07, 6.45) is 1.61. The highest BCUT2D eigenvalue weighted by Crippen LogP contribution is 2.33. The van der Waals surface area contributed by atoms with Crippen molar-refractivity contribution in [2.45, 2.75) is 31.8 Å². The number of aryl methyl sites for hydroxylation is 1. The Labute approximate surface area is 130 Å². The van der Waals surface area contributed by atoms with Crippen molar-refractivity contribution >= 4 is 5.91 Å². The second-order valence-electron chi connectivity index (χ2n) is 6.59. The minimum Gasteiger partial charge on any atom is -0.389 e. The lowest BCUT2D eigenvalue weighted by Crippen LogP contribution is -2.60. The lowest BCUT2D eigenvalue weighted by atomic mass is 9.76. The van der Waals surface area contributed by atoms with Crippen LogP contribution in [0.4, 0.5) is 4.39 Å². The summed E-state index contributed by atoms with van der Waals surface area (Å²) in [6.45, 7) is 4.64. The van der Waals surface area contributed by atoms with Crippen molar-refractivity contribution in [1.29, 1.82) is 0 Å². The fraction of sp³-hybridized carbons (Fsp3) is 0.588. The Bertz CT molecular complexity index is 578. The molecule has 2 aliphatic rings. The molecule has 0 radical (unpaired) electrons. The van der Waals surface area contributed by atoms with Crippen LogP contribution in [0.1, 0.15) is 24.0 Å². The van der Waals surface area contributed by atoms with E-state index in [0.717, 1.165) is 30.6 Å². The predicted octanol–water partition coefficient (Wildman–Crippen LogP) is 1.25. The summed E-state index contributed by atoms with van der Waals surface area (Å²) in [5.41, 5.74) is 1.05. The third kappa shape index (κ3) is 3.01. The van der Waals surface area contributed by atoms with Gasteiger partial charge in [-0.25, -0.2) is 4.39 Å². The van der Waals surface area contributed by atoms with Crippen LogP contribution in [0.5, 0.6) is 0 Å². The van der Waals surface area contributed by atoms with Crippen LogP contribution in [0, 0.1) is 18.7 Å².